The lowest BCUT2D eigenvalue weighted by atomic mass is 10.2. The maximum absolute atomic E-state index is 11.2. The van der Waals surface area contributed by atoms with Gasteiger partial charge in [0.1, 0.15) is 17.1 Å². The maximum Gasteiger partial charge on any atom is 0.336 e. The van der Waals surface area contributed by atoms with Gasteiger partial charge in [-0.3, -0.25) is 0 Å². The Balaban J connectivity index is 2.02. The summed E-state index contributed by atoms with van der Waals surface area (Å²) >= 11 is 0. The molecule has 0 aliphatic heterocycles. The largest absolute Gasteiger partial charge is 0.457 e. The molecule has 0 spiro atoms. The fraction of sp³-hybridized carbons (Fsp3) is 0.0625. The lowest BCUT2D eigenvalue weighted by Gasteiger charge is -2.08. The van der Waals surface area contributed by atoms with Crippen molar-refractivity contribution in [3.8, 4) is 11.5 Å². The van der Waals surface area contributed by atoms with Crippen molar-refractivity contribution in [3.05, 3.63) is 70.6 Å². The summed E-state index contributed by atoms with van der Waals surface area (Å²) < 4.78 is 10.9. The van der Waals surface area contributed by atoms with E-state index in [1.54, 1.807) is 12.1 Å². The van der Waals surface area contributed by atoms with Crippen molar-refractivity contribution in [2.45, 2.75) is 6.92 Å². The smallest absolute Gasteiger partial charge is 0.336 e. The number of para-hydroxylation sites is 1. The SMILES string of the molecule is Cc1ccccc1Oc1ccc2ccc(=O)oc2c1. The van der Waals surface area contributed by atoms with E-state index in [2.05, 4.69) is 0 Å². The molecule has 3 nitrogen and oxygen atoms in total. The van der Waals surface area contributed by atoms with Crippen molar-refractivity contribution >= 4 is 11.0 Å². The maximum atomic E-state index is 11.2. The molecule has 3 rings (SSSR count). The van der Waals surface area contributed by atoms with Crippen LogP contribution < -0.4 is 10.4 Å². The Morgan fingerprint density at radius 3 is 2.63 bits per heavy atom. The lowest BCUT2D eigenvalue weighted by molar-refractivity contribution is 0.477. The van der Waals surface area contributed by atoms with Gasteiger partial charge in [0, 0.05) is 17.5 Å². The second-order valence-electron chi connectivity index (χ2n) is 4.32. The number of rotatable bonds is 2. The van der Waals surface area contributed by atoms with Gasteiger partial charge in [0.05, 0.1) is 0 Å². The van der Waals surface area contributed by atoms with Gasteiger partial charge in [-0.1, -0.05) is 18.2 Å². The van der Waals surface area contributed by atoms with Crippen molar-refractivity contribution in [2.75, 3.05) is 0 Å². The van der Waals surface area contributed by atoms with Gasteiger partial charge in [0.2, 0.25) is 0 Å². The van der Waals surface area contributed by atoms with Crippen LogP contribution >= 0.6 is 0 Å². The fourth-order valence-corrected chi connectivity index (χ4v) is 1.90. The minimum absolute atomic E-state index is 0.361. The number of aryl methyl sites for hydroxylation is 1. The molecular weight excluding hydrogens is 240 g/mol. The summed E-state index contributed by atoms with van der Waals surface area (Å²) in [6.07, 6.45) is 0. The molecule has 1 heterocycles. The zero-order chi connectivity index (χ0) is 13.2. The number of hydrogen-bond acceptors (Lipinski definition) is 3. The molecule has 3 aromatic rings. The van der Waals surface area contributed by atoms with Crippen LogP contribution in [-0.4, -0.2) is 0 Å². The first-order valence-electron chi connectivity index (χ1n) is 6.00. The Kier molecular flexibility index (Phi) is 2.80. The van der Waals surface area contributed by atoms with E-state index < -0.39 is 0 Å². The van der Waals surface area contributed by atoms with Crippen molar-refractivity contribution in [1.29, 1.82) is 0 Å². The number of fused-ring (bicyclic) bond motifs is 1. The third-order valence-corrected chi connectivity index (χ3v) is 2.92. The summed E-state index contributed by atoms with van der Waals surface area (Å²) in [6, 6.07) is 16.4. The summed E-state index contributed by atoms with van der Waals surface area (Å²) in [5, 5.41) is 0.872. The topological polar surface area (TPSA) is 39.4 Å². The minimum Gasteiger partial charge on any atom is -0.457 e. The summed E-state index contributed by atoms with van der Waals surface area (Å²) in [6.45, 7) is 1.98. The van der Waals surface area contributed by atoms with Crippen LogP contribution in [0.5, 0.6) is 11.5 Å². The zero-order valence-corrected chi connectivity index (χ0v) is 10.4. The molecule has 0 aliphatic carbocycles. The van der Waals surface area contributed by atoms with Gasteiger partial charge >= 0.3 is 5.63 Å². The van der Waals surface area contributed by atoms with E-state index >= 15 is 0 Å². The van der Waals surface area contributed by atoms with E-state index in [4.69, 9.17) is 9.15 Å². The number of ether oxygens (including phenoxy) is 1. The molecule has 94 valence electrons. The molecule has 0 N–H and O–H groups in total. The van der Waals surface area contributed by atoms with Crippen LogP contribution in [0.2, 0.25) is 0 Å². The van der Waals surface area contributed by atoms with Gasteiger partial charge in [-0.25, -0.2) is 4.79 Å². The van der Waals surface area contributed by atoms with E-state index in [-0.39, 0.29) is 5.63 Å². The summed E-state index contributed by atoms with van der Waals surface area (Å²) in [5.41, 5.74) is 1.22. The Hall–Kier alpha value is -2.55. The highest BCUT2D eigenvalue weighted by Crippen LogP contribution is 2.27. The average Bonchev–Trinajstić information content (AvgIpc) is 2.41. The predicted molar refractivity (Wildman–Crippen MR) is 73.7 cm³/mol. The molecule has 0 saturated carbocycles. The van der Waals surface area contributed by atoms with Gasteiger partial charge in [0.25, 0.3) is 0 Å². The Bertz CT molecular complexity index is 787. The highest BCUT2D eigenvalue weighted by atomic mass is 16.5. The third kappa shape index (κ3) is 2.36. The van der Waals surface area contributed by atoms with Gasteiger partial charge in [-0.05, 0) is 36.8 Å². The van der Waals surface area contributed by atoms with E-state index in [1.165, 1.54) is 6.07 Å². The Morgan fingerprint density at radius 1 is 1.00 bits per heavy atom. The van der Waals surface area contributed by atoms with Crippen LogP contribution in [0.4, 0.5) is 0 Å². The third-order valence-electron chi connectivity index (χ3n) is 2.92. The average molecular weight is 252 g/mol. The van der Waals surface area contributed by atoms with Crippen molar-refractivity contribution < 1.29 is 9.15 Å². The first-order valence-corrected chi connectivity index (χ1v) is 6.00. The van der Waals surface area contributed by atoms with Crippen LogP contribution in [0.25, 0.3) is 11.0 Å². The van der Waals surface area contributed by atoms with Crippen molar-refractivity contribution in [3.63, 3.8) is 0 Å². The minimum atomic E-state index is -0.361. The molecule has 0 unspecified atom stereocenters. The Labute approximate surface area is 110 Å². The van der Waals surface area contributed by atoms with Crippen LogP contribution in [0.15, 0.2) is 63.8 Å². The van der Waals surface area contributed by atoms with Gasteiger partial charge in [-0.2, -0.15) is 0 Å². The highest BCUT2D eigenvalue weighted by Gasteiger charge is 2.03. The number of benzene rings is 2. The molecule has 2 aromatic carbocycles. The molecule has 0 aliphatic rings. The normalized spacial score (nSPS) is 10.6. The fourth-order valence-electron chi connectivity index (χ4n) is 1.90. The first kappa shape index (κ1) is 11.5. The van der Waals surface area contributed by atoms with E-state index in [9.17, 15) is 4.79 Å². The molecular formula is C16H12O3. The van der Waals surface area contributed by atoms with Crippen LogP contribution in [-0.2, 0) is 0 Å². The molecule has 19 heavy (non-hydrogen) atoms. The molecule has 0 radical (unpaired) electrons. The predicted octanol–water partition coefficient (Wildman–Crippen LogP) is 3.89. The standard InChI is InChI=1S/C16H12O3/c1-11-4-2-3-5-14(11)18-13-8-6-12-7-9-16(17)19-15(12)10-13/h2-10H,1H3. The zero-order valence-electron chi connectivity index (χ0n) is 10.4. The second-order valence-corrected chi connectivity index (χ2v) is 4.32. The van der Waals surface area contributed by atoms with Crippen molar-refractivity contribution in [2.24, 2.45) is 0 Å². The second kappa shape index (κ2) is 4.61. The summed E-state index contributed by atoms with van der Waals surface area (Å²) in [5.74, 6) is 1.44. The first-order chi connectivity index (χ1) is 9.22. The molecule has 0 atom stereocenters. The quantitative estimate of drug-likeness (QED) is 0.649. The Morgan fingerprint density at radius 2 is 1.79 bits per heavy atom. The highest BCUT2D eigenvalue weighted by molar-refractivity contribution is 5.77. The van der Waals surface area contributed by atoms with Crippen LogP contribution in [0.1, 0.15) is 5.56 Å². The monoisotopic (exact) mass is 252 g/mol. The molecule has 3 heteroatoms. The molecule has 0 fully saturated rings. The van der Waals surface area contributed by atoms with E-state index in [0.29, 0.717) is 11.3 Å². The van der Waals surface area contributed by atoms with Gasteiger partial charge < -0.3 is 9.15 Å². The summed E-state index contributed by atoms with van der Waals surface area (Å²) in [7, 11) is 0. The van der Waals surface area contributed by atoms with Crippen LogP contribution in [0.3, 0.4) is 0 Å². The van der Waals surface area contributed by atoms with E-state index in [0.717, 1.165) is 16.7 Å². The van der Waals surface area contributed by atoms with Crippen LogP contribution in [0, 0.1) is 6.92 Å². The van der Waals surface area contributed by atoms with Gasteiger partial charge in [-0.15, -0.1) is 0 Å². The number of hydrogen-bond donors (Lipinski definition) is 0. The van der Waals surface area contributed by atoms with Gasteiger partial charge in [0.15, 0.2) is 0 Å². The molecule has 0 saturated heterocycles. The van der Waals surface area contributed by atoms with Crippen molar-refractivity contribution in [1.82, 2.24) is 0 Å². The molecule has 0 bridgehead atoms. The molecule has 0 amide bonds. The summed E-state index contributed by atoms with van der Waals surface area (Å²) in [4.78, 5) is 11.2. The molecule has 1 aromatic heterocycles. The van der Waals surface area contributed by atoms with E-state index in [1.807, 2.05) is 43.3 Å². The lowest BCUT2D eigenvalue weighted by Crippen LogP contribution is -1.94.